The van der Waals surface area contributed by atoms with Crippen LogP contribution < -0.4 is 4.90 Å². The zero-order chi connectivity index (χ0) is 30.9. The van der Waals surface area contributed by atoms with E-state index in [4.69, 9.17) is 4.42 Å². The summed E-state index contributed by atoms with van der Waals surface area (Å²) in [6, 6.07) is 59.1. The lowest BCUT2D eigenvalue weighted by Gasteiger charge is -2.26. The first-order valence-electron chi connectivity index (χ1n) is 15.9. The summed E-state index contributed by atoms with van der Waals surface area (Å²) in [6.07, 6.45) is 0. The molecule has 0 fully saturated rings. The Bertz CT molecular complexity index is 2800. The van der Waals surface area contributed by atoms with Gasteiger partial charge in [-0.2, -0.15) is 0 Å². The molecule has 0 N–H and O–H groups in total. The average molecular weight is 618 g/mol. The van der Waals surface area contributed by atoms with Gasteiger partial charge in [-0.1, -0.05) is 109 Å². The Balaban J connectivity index is 1.15. The van der Waals surface area contributed by atoms with E-state index >= 15 is 0 Å². The number of hydrogen-bond acceptors (Lipinski definition) is 3. The molecule has 0 saturated heterocycles. The summed E-state index contributed by atoms with van der Waals surface area (Å²) >= 11 is 1.88. The molecule has 0 saturated carbocycles. The van der Waals surface area contributed by atoms with E-state index in [2.05, 4.69) is 157 Å². The molecule has 2 aromatic heterocycles. The topological polar surface area (TPSA) is 16.4 Å². The SMILES string of the molecule is c1ccc2c(-c3ccc(N(c4ccc5c(ccc6c7ccccc7sc56)c4)c4ccc5oc6ccccc6c5c4)cc3)cccc2c1. The summed E-state index contributed by atoms with van der Waals surface area (Å²) in [4.78, 5) is 2.36. The number of fused-ring (bicyclic) bond motifs is 9. The van der Waals surface area contributed by atoms with E-state index in [0.717, 1.165) is 39.0 Å². The summed E-state index contributed by atoms with van der Waals surface area (Å²) in [6.45, 7) is 0. The number of benzene rings is 8. The number of nitrogens with zero attached hydrogens (tertiary/aromatic N) is 1. The molecule has 0 bridgehead atoms. The molecule has 0 radical (unpaired) electrons. The first kappa shape index (κ1) is 26.3. The Morgan fingerprint density at radius 1 is 0.404 bits per heavy atom. The van der Waals surface area contributed by atoms with Crippen molar-refractivity contribution in [1.82, 2.24) is 0 Å². The molecule has 0 spiro atoms. The van der Waals surface area contributed by atoms with E-state index in [0.29, 0.717) is 0 Å². The van der Waals surface area contributed by atoms with Crippen LogP contribution in [0.4, 0.5) is 17.1 Å². The molecule has 0 aliphatic carbocycles. The van der Waals surface area contributed by atoms with Gasteiger partial charge in [-0.15, -0.1) is 11.3 Å². The molecule has 0 aliphatic rings. The lowest BCUT2D eigenvalue weighted by Crippen LogP contribution is -2.09. The third kappa shape index (κ3) is 4.17. The Hall–Kier alpha value is -5.90. The minimum absolute atomic E-state index is 0.895. The summed E-state index contributed by atoms with van der Waals surface area (Å²) in [5.41, 5.74) is 7.55. The van der Waals surface area contributed by atoms with Crippen molar-refractivity contribution in [1.29, 1.82) is 0 Å². The van der Waals surface area contributed by atoms with Crippen LogP contribution in [0, 0.1) is 0 Å². The fourth-order valence-electron chi connectivity index (χ4n) is 7.21. The number of anilines is 3. The highest BCUT2D eigenvalue weighted by molar-refractivity contribution is 7.26. The van der Waals surface area contributed by atoms with E-state index in [1.165, 1.54) is 52.8 Å². The van der Waals surface area contributed by atoms with Crippen LogP contribution in [0.5, 0.6) is 0 Å². The zero-order valence-electron chi connectivity index (χ0n) is 25.4. The smallest absolute Gasteiger partial charge is 0.135 e. The molecule has 2 heterocycles. The first-order chi connectivity index (χ1) is 23.3. The van der Waals surface area contributed by atoms with Crippen LogP contribution in [0.2, 0.25) is 0 Å². The van der Waals surface area contributed by atoms with Crippen molar-refractivity contribution in [2.45, 2.75) is 0 Å². The van der Waals surface area contributed by atoms with Crippen molar-refractivity contribution in [3.05, 3.63) is 164 Å². The fourth-order valence-corrected chi connectivity index (χ4v) is 8.44. The van der Waals surface area contributed by atoms with Gasteiger partial charge in [0, 0.05) is 48.0 Å². The van der Waals surface area contributed by atoms with Gasteiger partial charge in [0.25, 0.3) is 0 Å². The monoisotopic (exact) mass is 617 g/mol. The molecule has 3 heteroatoms. The predicted molar refractivity (Wildman–Crippen MR) is 202 cm³/mol. The lowest BCUT2D eigenvalue weighted by atomic mass is 9.98. The van der Waals surface area contributed by atoms with Gasteiger partial charge >= 0.3 is 0 Å². The molecule has 220 valence electrons. The number of para-hydroxylation sites is 1. The number of rotatable bonds is 4. The van der Waals surface area contributed by atoms with Crippen LogP contribution in [0.15, 0.2) is 168 Å². The zero-order valence-corrected chi connectivity index (χ0v) is 26.2. The van der Waals surface area contributed by atoms with Crippen LogP contribution in [0.1, 0.15) is 0 Å². The molecule has 0 aliphatic heterocycles. The van der Waals surface area contributed by atoms with Crippen LogP contribution in [0.25, 0.3) is 74.8 Å². The van der Waals surface area contributed by atoms with Gasteiger partial charge in [0.05, 0.1) is 0 Å². The fraction of sp³-hybridized carbons (Fsp3) is 0. The maximum absolute atomic E-state index is 6.20. The molecule has 0 amide bonds. The lowest BCUT2D eigenvalue weighted by molar-refractivity contribution is 0.669. The third-order valence-corrected chi connectivity index (χ3v) is 10.7. The molecule has 0 atom stereocenters. The molecule has 8 aromatic carbocycles. The average Bonchev–Trinajstić information content (AvgIpc) is 3.70. The highest BCUT2D eigenvalue weighted by atomic mass is 32.1. The Morgan fingerprint density at radius 3 is 2.00 bits per heavy atom. The second-order valence-corrected chi connectivity index (χ2v) is 13.2. The number of hydrogen-bond donors (Lipinski definition) is 0. The van der Waals surface area contributed by atoms with Crippen molar-refractivity contribution in [2.24, 2.45) is 0 Å². The molecule has 2 nitrogen and oxygen atoms in total. The number of thiophene rings is 1. The third-order valence-electron chi connectivity index (χ3n) is 9.45. The Labute approximate surface area is 275 Å². The minimum Gasteiger partial charge on any atom is -0.456 e. The van der Waals surface area contributed by atoms with Gasteiger partial charge < -0.3 is 9.32 Å². The maximum atomic E-state index is 6.20. The highest BCUT2D eigenvalue weighted by Gasteiger charge is 2.17. The first-order valence-corrected chi connectivity index (χ1v) is 16.7. The summed E-state index contributed by atoms with van der Waals surface area (Å²) in [5, 5.41) is 9.92. The molecule has 0 unspecified atom stereocenters. The van der Waals surface area contributed by atoms with Crippen LogP contribution in [-0.2, 0) is 0 Å². The quantitative estimate of drug-likeness (QED) is 0.195. The van der Waals surface area contributed by atoms with Gasteiger partial charge in [-0.05, 0) is 87.3 Å². The second-order valence-electron chi connectivity index (χ2n) is 12.1. The van der Waals surface area contributed by atoms with E-state index < -0.39 is 0 Å². The minimum atomic E-state index is 0.895. The summed E-state index contributed by atoms with van der Waals surface area (Å²) in [5.74, 6) is 0. The van der Waals surface area contributed by atoms with Gasteiger partial charge in [-0.25, -0.2) is 0 Å². The van der Waals surface area contributed by atoms with E-state index in [1.807, 2.05) is 23.5 Å². The number of furan rings is 1. The van der Waals surface area contributed by atoms with Crippen LogP contribution >= 0.6 is 11.3 Å². The van der Waals surface area contributed by atoms with Crippen LogP contribution in [-0.4, -0.2) is 0 Å². The molecular weight excluding hydrogens is 591 g/mol. The normalized spacial score (nSPS) is 11.8. The van der Waals surface area contributed by atoms with E-state index in [1.54, 1.807) is 0 Å². The second kappa shape index (κ2) is 10.3. The van der Waals surface area contributed by atoms with Gasteiger partial charge in [0.15, 0.2) is 0 Å². The van der Waals surface area contributed by atoms with Gasteiger partial charge in [0.1, 0.15) is 11.2 Å². The van der Waals surface area contributed by atoms with Crippen molar-refractivity contribution in [2.75, 3.05) is 4.90 Å². The summed E-state index contributed by atoms with van der Waals surface area (Å²) in [7, 11) is 0. The Morgan fingerprint density at radius 2 is 1.09 bits per heavy atom. The van der Waals surface area contributed by atoms with Gasteiger partial charge in [-0.3, -0.25) is 0 Å². The van der Waals surface area contributed by atoms with Crippen molar-refractivity contribution in [3.8, 4) is 11.1 Å². The molecule has 10 aromatic rings. The Kier molecular flexibility index (Phi) is 5.78. The van der Waals surface area contributed by atoms with Crippen molar-refractivity contribution >= 4 is 92.1 Å². The van der Waals surface area contributed by atoms with Crippen molar-refractivity contribution in [3.63, 3.8) is 0 Å². The van der Waals surface area contributed by atoms with Crippen LogP contribution in [0.3, 0.4) is 0 Å². The largest absolute Gasteiger partial charge is 0.456 e. The standard InChI is InChI=1S/C44H27NOS/c1-2-10-34-28(8-1)9-7-13-35(34)29-16-19-31(20-17-29)45(33-22-25-42-40(27-33)37-11-3-5-14-41(37)46-42)32-21-24-36-30(26-32)18-23-39-38-12-4-6-15-43(38)47-44(36)39/h1-27H. The summed E-state index contributed by atoms with van der Waals surface area (Å²) < 4.78 is 8.87. The highest BCUT2D eigenvalue weighted by Crippen LogP contribution is 2.43. The van der Waals surface area contributed by atoms with Crippen molar-refractivity contribution < 1.29 is 4.42 Å². The van der Waals surface area contributed by atoms with E-state index in [-0.39, 0.29) is 0 Å². The predicted octanol–water partition coefficient (Wildman–Crippen LogP) is 13.4. The van der Waals surface area contributed by atoms with E-state index in [9.17, 15) is 0 Å². The molecule has 10 rings (SSSR count). The molecule has 47 heavy (non-hydrogen) atoms. The maximum Gasteiger partial charge on any atom is 0.135 e. The molecular formula is C44H27NOS. The van der Waals surface area contributed by atoms with Gasteiger partial charge in [0.2, 0.25) is 0 Å².